The van der Waals surface area contributed by atoms with Gasteiger partial charge in [0.25, 0.3) is 0 Å². The number of nitrogens with two attached hydrogens (primary N) is 1. The molecule has 0 aliphatic carbocycles. The molecule has 0 spiro atoms. The molecular formula is C10H12ClF4NO. The Morgan fingerprint density at radius 2 is 1.94 bits per heavy atom. The lowest BCUT2D eigenvalue weighted by Gasteiger charge is -2.12. The second-order valence-corrected chi connectivity index (χ2v) is 3.38. The molecule has 0 saturated carbocycles. The molecule has 7 heteroatoms. The zero-order valence-corrected chi connectivity index (χ0v) is 9.74. The lowest BCUT2D eigenvalue weighted by Crippen LogP contribution is -2.19. The summed E-state index contributed by atoms with van der Waals surface area (Å²) in [6.07, 6.45) is -4.49. The fraction of sp³-hybridized carbons (Fsp3) is 0.400. The van der Waals surface area contributed by atoms with Gasteiger partial charge < -0.3 is 10.5 Å². The summed E-state index contributed by atoms with van der Waals surface area (Å²) >= 11 is 0. The van der Waals surface area contributed by atoms with Crippen LogP contribution in [0.1, 0.15) is 18.5 Å². The second-order valence-electron chi connectivity index (χ2n) is 3.38. The minimum Gasteiger partial charge on any atom is -0.481 e. The Kier molecular flexibility index (Phi) is 5.71. The molecule has 2 N–H and O–H groups in total. The van der Waals surface area contributed by atoms with Crippen molar-refractivity contribution in [3.05, 3.63) is 29.6 Å². The summed E-state index contributed by atoms with van der Waals surface area (Å²) < 4.78 is 53.0. The average molecular weight is 274 g/mol. The summed E-state index contributed by atoms with van der Waals surface area (Å²) in [4.78, 5) is 0. The van der Waals surface area contributed by atoms with E-state index in [4.69, 9.17) is 5.73 Å². The van der Waals surface area contributed by atoms with Crippen molar-refractivity contribution in [1.82, 2.24) is 0 Å². The quantitative estimate of drug-likeness (QED) is 0.859. The monoisotopic (exact) mass is 273 g/mol. The van der Waals surface area contributed by atoms with Gasteiger partial charge in [-0.3, -0.25) is 0 Å². The van der Waals surface area contributed by atoms with Crippen LogP contribution in [0.25, 0.3) is 0 Å². The normalized spacial score (nSPS) is 12.8. The van der Waals surface area contributed by atoms with Crippen LogP contribution < -0.4 is 10.5 Å². The van der Waals surface area contributed by atoms with Gasteiger partial charge >= 0.3 is 6.18 Å². The Hall–Kier alpha value is -1.01. The summed E-state index contributed by atoms with van der Waals surface area (Å²) in [6.45, 7) is 0.118. The van der Waals surface area contributed by atoms with Crippen molar-refractivity contribution < 1.29 is 22.3 Å². The van der Waals surface area contributed by atoms with Gasteiger partial charge in [-0.2, -0.15) is 13.2 Å². The molecule has 1 aromatic carbocycles. The zero-order valence-electron chi connectivity index (χ0n) is 8.92. The van der Waals surface area contributed by atoms with Crippen LogP contribution in [0.15, 0.2) is 18.2 Å². The number of hydrogen-bond donors (Lipinski definition) is 1. The molecule has 0 heterocycles. The summed E-state index contributed by atoms with van der Waals surface area (Å²) in [5.41, 5.74) is 6.03. The predicted octanol–water partition coefficient (Wildman–Crippen LogP) is 3.21. The molecule has 0 fully saturated rings. The Morgan fingerprint density at radius 1 is 1.35 bits per heavy atom. The molecule has 0 saturated heterocycles. The molecule has 0 radical (unpaired) electrons. The predicted molar refractivity (Wildman–Crippen MR) is 57.8 cm³/mol. The van der Waals surface area contributed by atoms with Crippen molar-refractivity contribution in [2.24, 2.45) is 5.73 Å². The van der Waals surface area contributed by atoms with E-state index in [1.54, 1.807) is 6.92 Å². The molecule has 1 unspecified atom stereocenters. The first kappa shape index (κ1) is 16.0. The largest absolute Gasteiger partial charge is 0.481 e. The Morgan fingerprint density at radius 3 is 2.41 bits per heavy atom. The van der Waals surface area contributed by atoms with Crippen LogP contribution in [-0.4, -0.2) is 12.8 Å². The number of halogens is 5. The molecule has 1 atom stereocenters. The zero-order chi connectivity index (χ0) is 12.3. The van der Waals surface area contributed by atoms with E-state index in [-0.39, 0.29) is 12.4 Å². The molecule has 2 nitrogen and oxygen atoms in total. The van der Waals surface area contributed by atoms with Crippen molar-refractivity contribution in [2.45, 2.75) is 19.1 Å². The molecule has 0 aromatic heterocycles. The van der Waals surface area contributed by atoms with Crippen molar-refractivity contribution in [3.8, 4) is 5.75 Å². The first-order valence-corrected chi connectivity index (χ1v) is 4.54. The highest BCUT2D eigenvalue weighted by Crippen LogP contribution is 2.24. The third-order valence-corrected chi connectivity index (χ3v) is 1.87. The van der Waals surface area contributed by atoms with Crippen LogP contribution in [-0.2, 0) is 0 Å². The van der Waals surface area contributed by atoms with Crippen molar-refractivity contribution in [1.29, 1.82) is 0 Å². The van der Waals surface area contributed by atoms with Gasteiger partial charge in [-0.25, -0.2) is 4.39 Å². The highest BCUT2D eigenvalue weighted by molar-refractivity contribution is 5.85. The van der Waals surface area contributed by atoms with Crippen molar-refractivity contribution in [2.75, 3.05) is 6.61 Å². The van der Waals surface area contributed by atoms with Gasteiger partial charge in [0.1, 0.15) is 0 Å². The van der Waals surface area contributed by atoms with Gasteiger partial charge in [0.2, 0.25) is 0 Å². The molecule has 0 amide bonds. The highest BCUT2D eigenvalue weighted by Gasteiger charge is 2.29. The number of ether oxygens (including phenoxy) is 1. The fourth-order valence-corrected chi connectivity index (χ4v) is 1.07. The Balaban J connectivity index is 0.00000256. The standard InChI is InChI=1S/C10H11F4NO.ClH/c1-6(15)7-2-3-8(11)9(4-7)16-5-10(12,13)14;/h2-4,6H,5,15H2,1H3;1H. The van der Waals surface area contributed by atoms with Crippen LogP contribution in [0, 0.1) is 5.82 Å². The number of hydrogen-bond acceptors (Lipinski definition) is 2. The molecular weight excluding hydrogens is 262 g/mol. The Bertz CT molecular complexity index is 368. The van der Waals surface area contributed by atoms with Crippen LogP contribution in [0.2, 0.25) is 0 Å². The van der Waals surface area contributed by atoms with Crippen LogP contribution in [0.4, 0.5) is 17.6 Å². The van der Waals surface area contributed by atoms with Crippen LogP contribution in [0.5, 0.6) is 5.75 Å². The summed E-state index contributed by atoms with van der Waals surface area (Å²) in [7, 11) is 0. The Labute approximate surface area is 102 Å². The maximum absolute atomic E-state index is 13.1. The van der Waals surface area contributed by atoms with Gasteiger partial charge in [0, 0.05) is 6.04 Å². The lowest BCUT2D eigenvalue weighted by molar-refractivity contribution is -0.153. The van der Waals surface area contributed by atoms with Gasteiger partial charge in [0.05, 0.1) is 0 Å². The number of alkyl halides is 3. The molecule has 1 rings (SSSR count). The summed E-state index contributed by atoms with van der Waals surface area (Å²) in [5.74, 6) is -1.28. The molecule has 0 aliphatic rings. The van der Waals surface area contributed by atoms with Gasteiger partial charge in [-0.1, -0.05) is 6.07 Å². The van der Waals surface area contributed by atoms with E-state index in [2.05, 4.69) is 4.74 Å². The summed E-state index contributed by atoms with van der Waals surface area (Å²) in [5, 5.41) is 0. The maximum Gasteiger partial charge on any atom is 0.422 e. The maximum atomic E-state index is 13.1. The van der Waals surface area contributed by atoms with E-state index in [0.717, 1.165) is 6.07 Å². The van der Waals surface area contributed by atoms with E-state index in [9.17, 15) is 17.6 Å². The van der Waals surface area contributed by atoms with Crippen molar-refractivity contribution in [3.63, 3.8) is 0 Å². The van der Waals surface area contributed by atoms with Crippen LogP contribution >= 0.6 is 12.4 Å². The fourth-order valence-electron chi connectivity index (χ4n) is 1.07. The topological polar surface area (TPSA) is 35.2 Å². The van der Waals surface area contributed by atoms with E-state index in [1.165, 1.54) is 12.1 Å². The first-order chi connectivity index (χ1) is 7.29. The minimum absolute atomic E-state index is 0. The van der Waals surface area contributed by atoms with Crippen molar-refractivity contribution >= 4 is 12.4 Å². The summed E-state index contributed by atoms with van der Waals surface area (Å²) in [6, 6.07) is 3.21. The third kappa shape index (κ3) is 5.23. The van der Waals surface area contributed by atoms with Gasteiger partial charge in [-0.15, -0.1) is 12.4 Å². The number of rotatable bonds is 3. The average Bonchev–Trinajstić information content (AvgIpc) is 2.14. The van der Waals surface area contributed by atoms with E-state index < -0.39 is 30.4 Å². The van der Waals surface area contributed by atoms with Gasteiger partial charge in [0.15, 0.2) is 18.2 Å². The van der Waals surface area contributed by atoms with E-state index in [1.807, 2.05) is 0 Å². The second kappa shape index (κ2) is 6.07. The minimum atomic E-state index is -4.49. The van der Waals surface area contributed by atoms with Gasteiger partial charge in [-0.05, 0) is 24.6 Å². The third-order valence-electron chi connectivity index (χ3n) is 1.87. The molecule has 98 valence electrons. The lowest BCUT2D eigenvalue weighted by atomic mass is 10.1. The van der Waals surface area contributed by atoms with Crippen LogP contribution in [0.3, 0.4) is 0 Å². The van der Waals surface area contributed by atoms with E-state index >= 15 is 0 Å². The molecule has 0 aliphatic heterocycles. The SMILES string of the molecule is CC(N)c1ccc(F)c(OCC(F)(F)F)c1.Cl. The molecule has 17 heavy (non-hydrogen) atoms. The molecule has 0 bridgehead atoms. The number of benzene rings is 1. The molecule has 1 aromatic rings. The van der Waals surface area contributed by atoms with E-state index in [0.29, 0.717) is 5.56 Å². The highest BCUT2D eigenvalue weighted by atomic mass is 35.5. The first-order valence-electron chi connectivity index (χ1n) is 4.54. The smallest absolute Gasteiger partial charge is 0.422 e.